The maximum atomic E-state index is 4.92. The Morgan fingerprint density at radius 1 is 1.25 bits per heavy atom. The minimum atomic E-state index is 0.510. The second kappa shape index (κ2) is 1.82. The molecule has 3 heterocycles. The minimum Gasteiger partial charge on any atom is -0.342 e. The number of pyridine rings is 1. The van der Waals surface area contributed by atoms with Gasteiger partial charge in [0.15, 0.2) is 5.52 Å². The number of aromatic nitrogens is 4. The van der Waals surface area contributed by atoms with Gasteiger partial charge in [0.2, 0.25) is 0 Å². The molecule has 0 fully saturated rings. The molecule has 58 valence electrons. The van der Waals surface area contributed by atoms with E-state index in [1.165, 1.54) is 0 Å². The molecule has 0 saturated carbocycles. The average Bonchev–Trinajstić information content (AvgIpc) is 2.64. The molecule has 0 amide bonds. The van der Waals surface area contributed by atoms with Gasteiger partial charge in [-0.25, -0.2) is 4.98 Å². The van der Waals surface area contributed by atoms with Crippen LogP contribution in [-0.4, -0.2) is 20.3 Å². The van der Waals surface area contributed by atoms with Gasteiger partial charge in [-0.15, -0.1) is 10.4 Å². The molecule has 0 saturated heterocycles. The fourth-order valence-corrected chi connectivity index (χ4v) is 1.17. The summed E-state index contributed by atoms with van der Waals surface area (Å²) in [6.45, 7) is 0. The van der Waals surface area contributed by atoms with Crippen LogP contribution in [0.25, 0.3) is 22.3 Å². The zero-order valence-corrected chi connectivity index (χ0v) is 5.98. The fourth-order valence-electron chi connectivity index (χ4n) is 1.17. The Balaban J connectivity index is 2.62. The summed E-state index contributed by atoms with van der Waals surface area (Å²) in [7, 11) is 0. The number of nitrogens with zero attached hydrogens (tertiary/aromatic N) is 3. The lowest BCUT2D eigenvalue weighted by Gasteiger charge is -1.84. The Morgan fingerprint density at radius 2 is 2.25 bits per heavy atom. The molecule has 0 radical (unpaired) electrons. The van der Waals surface area contributed by atoms with Crippen LogP contribution in [0.5, 0.6) is 0 Å². The van der Waals surface area contributed by atoms with E-state index in [4.69, 9.17) is 4.52 Å². The first-order valence-corrected chi connectivity index (χ1v) is 3.48. The van der Waals surface area contributed by atoms with Crippen LogP contribution in [0, 0.1) is 0 Å². The number of nitrogens with one attached hydrogen (secondary N) is 1. The zero-order chi connectivity index (χ0) is 7.97. The normalized spacial score (nSPS) is 11.3. The summed E-state index contributed by atoms with van der Waals surface area (Å²) in [4.78, 5) is 8.27. The van der Waals surface area contributed by atoms with Crippen LogP contribution in [0.3, 0.4) is 0 Å². The molecule has 0 atom stereocenters. The molecule has 5 heteroatoms. The second-order valence-corrected chi connectivity index (χ2v) is 2.47. The summed E-state index contributed by atoms with van der Waals surface area (Å²) in [5, 5.41) is 6.24. The van der Waals surface area contributed by atoms with Crippen molar-refractivity contribution in [1.82, 2.24) is 20.3 Å². The number of H-pyrrole nitrogens is 1. The standard InChI is InChI=1S/C7H4N4O/c1-2-8-5-3-6-7(9-4(1)5)12-11-10-6/h1-3,11H. The summed E-state index contributed by atoms with van der Waals surface area (Å²) in [5.41, 5.74) is 2.87. The molecule has 0 aromatic carbocycles. The van der Waals surface area contributed by atoms with Crippen molar-refractivity contribution in [3.05, 3.63) is 18.3 Å². The van der Waals surface area contributed by atoms with E-state index in [1.807, 2.05) is 12.1 Å². The van der Waals surface area contributed by atoms with E-state index < -0.39 is 0 Å². The Hall–Kier alpha value is -1.91. The SMILES string of the molecule is c1cc2nc3o[nH]nc3cc2n1. The Kier molecular flexibility index (Phi) is 0.864. The molecule has 0 spiro atoms. The minimum absolute atomic E-state index is 0.510. The van der Waals surface area contributed by atoms with Gasteiger partial charge in [0.05, 0.1) is 11.0 Å². The van der Waals surface area contributed by atoms with Crippen LogP contribution in [0.4, 0.5) is 0 Å². The Bertz CT molecular complexity index is 447. The van der Waals surface area contributed by atoms with Gasteiger partial charge in [-0.1, -0.05) is 0 Å². The van der Waals surface area contributed by atoms with Crippen molar-refractivity contribution in [3.63, 3.8) is 0 Å². The van der Waals surface area contributed by atoms with Crippen LogP contribution in [0.1, 0.15) is 0 Å². The molecule has 0 bridgehead atoms. The summed E-state index contributed by atoms with van der Waals surface area (Å²) >= 11 is 0. The van der Waals surface area contributed by atoms with Crippen molar-refractivity contribution in [2.24, 2.45) is 0 Å². The summed E-state index contributed by atoms with van der Waals surface area (Å²) < 4.78 is 4.92. The average molecular weight is 160 g/mol. The largest absolute Gasteiger partial charge is 0.342 e. The number of hydrogen-bond acceptors (Lipinski definition) is 4. The van der Waals surface area contributed by atoms with Crippen LogP contribution >= 0.6 is 0 Å². The zero-order valence-electron chi connectivity index (χ0n) is 5.98. The van der Waals surface area contributed by atoms with E-state index in [-0.39, 0.29) is 0 Å². The maximum absolute atomic E-state index is 4.92. The quantitative estimate of drug-likeness (QED) is 0.534. The van der Waals surface area contributed by atoms with Crippen molar-refractivity contribution >= 4 is 22.3 Å². The van der Waals surface area contributed by atoms with E-state index >= 15 is 0 Å². The number of hydrogen-bond donors (Lipinski definition) is 1. The van der Waals surface area contributed by atoms with Crippen molar-refractivity contribution in [3.8, 4) is 0 Å². The molecular formula is C7H4N4O. The molecule has 0 aliphatic rings. The van der Waals surface area contributed by atoms with Gasteiger partial charge in [0.25, 0.3) is 5.71 Å². The van der Waals surface area contributed by atoms with Gasteiger partial charge in [0, 0.05) is 6.20 Å². The molecule has 3 aromatic rings. The van der Waals surface area contributed by atoms with E-state index in [1.54, 1.807) is 6.20 Å². The highest BCUT2D eigenvalue weighted by molar-refractivity contribution is 5.85. The third kappa shape index (κ3) is 0.597. The van der Waals surface area contributed by atoms with Gasteiger partial charge < -0.3 is 4.52 Å². The molecule has 3 aromatic heterocycles. The summed E-state index contributed by atoms with van der Waals surface area (Å²) in [6, 6.07) is 3.66. The topological polar surface area (TPSA) is 67.6 Å². The smallest absolute Gasteiger partial charge is 0.276 e. The highest BCUT2D eigenvalue weighted by Crippen LogP contribution is 2.15. The van der Waals surface area contributed by atoms with Gasteiger partial charge >= 0.3 is 0 Å². The van der Waals surface area contributed by atoms with Crippen molar-refractivity contribution in [1.29, 1.82) is 0 Å². The molecule has 5 nitrogen and oxygen atoms in total. The first-order chi connectivity index (χ1) is 5.93. The molecule has 0 aliphatic carbocycles. The Labute approximate surface area is 66.4 Å². The summed E-state index contributed by atoms with van der Waals surface area (Å²) in [5.74, 6) is 0. The van der Waals surface area contributed by atoms with Crippen LogP contribution in [0.15, 0.2) is 22.9 Å². The van der Waals surface area contributed by atoms with E-state index in [0.29, 0.717) is 11.2 Å². The third-order valence-corrected chi connectivity index (χ3v) is 1.73. The van der Waals surface area contributed by atoms with E-state index in [2.05, 4.69) is 20.3 Å². The maximum Gasteiger partial charge on any atom is 0.276 e. The first kappa shape index (κ1) is 5.70. The molecular weight excluding hydrogens is 156 g/mol. The third-order valence-electron chi connectivity index (χ3n) is 1.73. The van der Waals surface area contributed by atoms with Crippen LogP contribution in [0.2, 0.25) is 0 Å². The molecule has 1 N–H and O–H groups in total. The van der Waals surface area contributed by atoms with Gasteiger partial charge in [-0.2, -0.15) is 0 Å². The lowest BCUT2D eigenvalue weighted by atomic mass is 10.4. The van der Waals surface area contributed by atoms with Gasteiger partial charge in [-0.3, -0.25) is 4.98 Å². The van der Waals surface area contributed by atoms with E-state index in [9.17, 15) is 0 Å². The summed E-state index contributed by atoms with van der Waals surface area (Å²) in [6.07, 6.45) is 1.71. The van der Waals surface area contributed by atoms with Crippen LogP contribution < -0.4 is 0 Å². The molecule has 0 unspecified atom stereocenters. The highest BCUT2D eigenvalue weighted by Gasteiger charge is 2.03. The van der Waals surface area contributed by atoms with Crippen LogP contribution in [-0.2, 0) is 0 Å². The second-order valence-electron chi connectivity index (χ2n) is 2.47. The Morgan fingerprint density at radius 3 is 3.25 bits per heavy atom. The number of rotatable bonds is 0. The molecule has 0 aliphatic heterocycles. The number of aromatic amines is 1. The highest BCUT2D eigenvalue weighted by atomic mass is 16.5. The molecule has 12 heavy (non-hydrogen) atoms. The fraction of sp³-hybridized carbons (Fsp3) is 0. The predicted octanol–water partition coefficient (Wildman–Crippen LogP) is 1.10. The molecule has 3 rings (SSSR count). The van der Waals surface area contributed by atoms with Gasteiger partial charge in [-0.05, 0) is 12.1 Å². The lowest BCUT2D eigenvalue weighted by Crippen LogP contribution is -1.75. The lowest BCUT2D eigenvalue weighted by molar-refractivity contribution is 0.418. The monoisotopic (exact) mass is 160 g/mol. The first-order valence-electron chi connectivity index (χ1n) is 3.48. The van der Waals surface area contributed by atoms with Crippen molar-refractivity contribution < 1.29 is 4.52 Å². The predicted molar refractivity (Wildman–Crippen MR) is 41.5 cm³/mol. The van der Waals surface area contributed by atoms with Crippen molar-refractivity contribution in [2.75, 3.05) is 0 Å². The van der Waals surface area contributed by atoms with Gasteiger partial charge in [0.1, 0.15) is 0 Å². The van der Waals surface area contributed by atoms with E-state index in [0.717, 1.165) is 11.0 Å². The number of fused-ring (bicyclic) bond motifs is 2. The van der Waals surface area contributed by atoms with Crippen molar-refractivity contribution in [2.45, 2.75) is 0 Å².